The highest BCUT2D eigenvalue weighted by Crippen LogP contribution is 2.05. The Labute approximate surface area is 108 Å². The predicted molar refractivity (Wildman–Crippen MR) is 76.0 cm³/mol. The van der Waals surface area contributed by atoms with Crippen molar-refractivity contribution in [2.75, 3.05) is 0 Å². The molecule has 0 aliphatic heterocycles. The number of hydrogen-bond donors (Lipinski definition) is 1. The molecule has 1 unspecified atom stereocenters. The van der Waals surface area contributed by atoms with Crippen molar-refractivity contribution in [1.29, 1.82) is 0 Å². The molecule has 92 valence electrons. The van der Waals surface area contributed by atoms with E-state index < -0.39 is 0 Å². The fourth-order valence-electron chi connectivity index (χ4n) is 1.77. The number of nitrogens with two attached hydrogens (primary N) is 1. The minimum Gasteiger partial charge on any atom is -0.324 e. The van der Waals surface area contributed by atoms with Crippen molar-refractivity contribution in [2.24, 2.45) is 5.73 Å². The van der Waals surface area contributed by atoms with E-state index in [0.29, 0.717) is 0 Å². The monoisotopic (exact) mass is 238 g/mol. The molecule has 2 nitrogen and oxygen atoms in total. The summed E-state index contributed by atoms with van der Waals surface area (Å²) in [5, 5.41) is 0. The first-order valence-corrected chi connectivity index (χ1v) is 6.23. The number of aromatic nitrogens is 1. The number of benzene rings is 1. The van der Waals surface area contributed by atoms with Gasteiger partial charge in [0.25, 0.3) is 0 Å². The molecule has 0 fully saturated rings. The van der Waals surface area contributed by atoms with Crippen molar-refractivity contribution >= 4 is 6.08 Å². The van der Waals surface area contributed by atoms with Crippen LogP contribution in [0.2, 0.25) is 0 Å². The Kier molecular flexibility index (Phi) is 4.68. The van der Waals surface area contributed by atoms with E-state index in [1.807, 2.05) is 36.4 Å². The van der Waals surface area contributed by atoms with E-state index >= 15 is 0 Å². The average Bonchev–Trinajstić information content (AvgIpc) is 2.45. The van der Waals surface area contributed by atoms with Crippen LogP contribution >= 0.6 is 0 Å². The van der Waals surface area contributed by atoms with Crippen LogP contribution in [0.1, 0.15) is 17.7 Å². The maximum Gasteiger partial charge on any atom is 0.0627 e. The van der Waals surface area contributed by atoms with Crippen molar-refractivity contribution in [3.8, 4) is 0 Å². The Morgan fingerprint density at radius 2 is 1.83 bits per heavy atom. The van der Waals surface area contributed by atoms with Crippen LogP contribution in [0.3, 0.4) is 0 Å². The lowest BCUT2D eigenvalue weighted by molar-refractivity contribution is 0.723. The molecular weight excluding hydrogens is 220 g/mol. The molecule has 0 saturated heterocycles. The smallest absolute Gasteiger partial charge is 0.0627 e. The molecule has 0 radical (unpaired) electrons. The SMILES string of the molecule is NC(/C=C/c1ccccn1)CCc1ccccc1. The van der Waals surface area contributed by atoms with E-state index in [9.17, 15) is 0 Å². The second kappa shape index (κ2) is 6.72. The predicted octanol–water partition coefficient (Wildman–Crippen LogP) is 3.05. The van der Waals surface area contributed by atoms with Gasteiger partial charge in [-0.15, -0.1) is 0 Å². The third kappa shape index (κ3) is 4.15. The van der Waals surface area contributed by atoms with Crippen LogP contribution in [0.15, 0.2) is 60.8 Å². The van der Waals surface area contributed by atoms with Crippen LogP contribution in [0.25, 0.3) is 6.08 Å². The van der Waals surface area contributed by atoms with Crippen LogP contribution in [-0.2, 0) is 6.42 Å². The summed E-state index contributed by atoms with van der Waals surface area (Å²) in [7, 11) is 0. The Morgan fingerprint density at radius 1 is 1.06 bits per heavy atom. The lowest BCUT2D eigenvalue weighted by Crippen LogP contribution is -2.17. The fourth-order valence-corrected chi connectivity index (χ4v) is 1.77. The Balaban J connectivity index is 1.82. The van der Waals surface area contributed by atoms with Crippen LogP contribution in [0, 0.1) is 0 Å². The van der Waals surface area contributed by atoms with Gasteiger partial charge in [-0.2, -0.15) is 0 Å². The molecule has 1 aromatic carbocycles. The molecule has 18 heavy (non-hydrogen) atoms. The molecule has 2 aromatic rings. The third-order valence-electron chi connectivity index (χ3n) is 2.81. The van der Waals surface area contributed by atoms with Gasteiger partial charge in [0.1, 0.15) is 0 Å². The van der Waals surface area contributed by atoms with Crippen molar-refractivity contribution in [2.45, 2.75) is 18.9 Å². The molecule has 1 atom stereocenters. The Morgan fingerprint density at radius 3 is 2.56 bits per heavy atom. The molecule has 0 bridgehead atoms. The molecule has 1 aromatic heterocycles. The largest absolute Gasteiger partial charge is 0.324 e. The van der Waals surface area contributed by atoms with Gasteiger partial charge in [-0.1, -0.05) is 42.5 Å². The lowest BCUT2D eigenvalue weighted by Gasteiger charge is -2.06. The van der Waals surface area contributed by atoms with E-state index in [-0.39, 0.29) is 6.04 Å². The van der Waals surface area contributed by atoms with Gasteiger partial charge >= 0.3 is 0 Å². The molecule has 0 aliphatic carbocycles. The zero-order chi connectivity index (χ0) is 12.6. The van der Waals surface area contributed by atoms with Crippen molar-refractivity contribution in [3.05, 3.63) is 72.1 Å². The zero-order valence-electron chi connectivity index (χ0n) is 10.4. The maximum atomic E-state index is 6.05. The summed E-state index contributed by atoms with van der Waals surface area (Å²) in [4.78, 5) is 4.23. The molecule has 2 N–H and O–H groups in total. The van der Waals surface area contributed by atoms with Crippen molar-refractivity contribution in [3.63, 3.8) is 0 Å². The Hall–Kier alpha value is -1.93. The van der Waals surface area contributed by atoms with Crippen LogP contribution < -0.4 is 5.73 Å². The molecule has 0 amide bonds. The molecule has 1 heterocycles. The lowest BCUT2D eigenvalue weighted by atomic mass is 10.1. The number of pyridine rings is 1. The molecule has 0 aliphatic rings. The summed E-state index contributed by atoms with van der Waals surface area (Å²) in [5.41, 5.74) is 8.34. The van der Waals surface area contributed by atoms with E-state index in [4.69, 9.17) is 5.73 Å². The quantitative estimate of drug-likeness (QED) is 0.869. The van der Waals surface area contributed by atoms with Gasteiger partial charge in [0, 0.05) is 12.2 Å². The molecule has 0 spiro atoms. The highest BCUT2D eigenvalue weighted by molar-refractivity contribution is 5.44. The summed E-state index contributed by atoms with van der Waals surface area (Å²) >= 11 is 0. The van der Waals surface area contributed by atoms with Gasteiger partial charge in [-0.3, -0.25) is 4.98 Å². The van der Waals surface area contributed by atoms with Gasteiger partial charge in [-0.25, -0.2) is 0 Å². The maximum absolute atomic E-state index is 6.05. The third-order valence-corrected chi connectivity index (χ3v) is 2.81. The van der Waals surface area contributed by atoms with E-state index in [1.165, 1.54) is 5.56 Å². The van der Waals surface area contributed by atoms with E-state index in [1.54, 1.807) is 6.20 Å². The van der Waals surface area contributed by atoms with Gasteiger partial charge in [0.2, 0.25) is 0 Å². The highest BCUT2D eigenvalue weighted by Gasteiger charge is 1.98. The minimum atomic E-state index is 0.0761. The zero-order valence-corrected chi connectivity index (χ0v) is 10.4. The second-order valence-corrected chi connectivity index (χ2v) is 4.30. The molecular formula is C16H18N2. The molecule has 0 saturated carbocycles. The average molecular weight is 238 g/mol. The fraction of sp³-hybridized carbons (Fsp3) is 0.188. The summed E-state index contributed by atoms with van der Waals surface area (Å²) in [6, 6.07) is 16.4. The number of hydrogen-bond acceptors (Lipinski definition) is 2. The second-order valence-electron chi connectivity index (χ2n) is 4.30. The Bertz CT molecular complexity index is 477. The van der Waals surface area contributed by atoms with Gasteiger partial charge in [0.15, 0.2) is 0 Å². The van der Waals surface area contributed by atoms with Crippen LogP contribution in [0.5, 0.6) is 0 Å². The van der Waals surface area contributed by atoms with Crippen LogP contribution in [-0.4, -0.2) is 11.0 Å². The number of nitrogens with zero attached hydrogens (tertiary/aromatic N) is 1. The molecule has 2 rings (SSSR count). The van der Waals surface area contributed by atoms with E-state index in [2.05, 4.69) is 29.2 Å². The van der Waals surface area contributed by atoms with E-state index in [0.717, 1.165) is 18.5 Å². The first kappa shape index (κ1) is 12.5. The highest BCUT2D eigenvalue weighted by atomic mass is 14.7. The minimum absolute atomic E-state index is 0.0761. The van der Waals surface area contributed by atoms with Gasteiger partial charge < -0.3 is 5.73 Å². The number of aryl methyl sites for hydroxylation is 1. The summed E-state index contributed by atoms with van der Waals surface area (Å²) < 4.78 is 0. The van der Waals surface area contributed by atoms with Gasteiger partial charge in [-0.05, 0) is 36.6 Å². The number of rotatable bonds is 5. The summed E-state index contributed by atoms with van der Waals surface area (Å²) in [5.74, 6) is 0. The normalized spacial score (nSPS) is 12.7. The first-order valence-electron chi connectivity index (χ1n) is 6.23. The summed E-state index contributed by atoms with van der Waals surface area (Å²) in [6.07, 6.45) is 7.75. The molecule has 2 heteroatoms. The summed E-state index contributed by atoms with van der Waals surface area (Å²) in [6.45, 7) is 0. The standard InChI is InChI=1S/C16H18N2/c17-15(10-9-14-6-2-1-3-7-14)11-12-16-8-4-5-13-18-16/h1-8,11-13,15H,9-10,17H2/b12-11+. The topological polar surface area (TPSA) is 38.9 Å². The van der Waals surface area contributed by atoms with Crippen molar-refractivity contribution < 1.29 is 0 Å². The van der Waals surface area contributed by atoms with Crippen molar-refractivity contribution in [1.82, 2.24) is 4.98 Å². The van der Waals surface area contributed by atoms with Crippen LogP contribution in [0.4, 0.5) is 0 Å². The first-order chi connectivity index (χ1) is 8.84. The van der Waals surface area contributed by atoms with Gasteiger partial charge in [0.05, 0.1) is 5.69 Å².